The lowest BCUT2D eigenvalue weighted by atomic mass is 10.0. The number of hydrogen-bond donors (Lipinski definition) is 1. The maximum Gasteiger partial charge on any atom is 0.208 e. The topological polar surface area (TPSA) is 51.0 Å². The van der Waals surface area contributed by atoms with Crippen molar-refractivity contribution in [2.45, 2.75) is 19.5 Å². The number of nitrogens with zero attached hydrogens (tertiary/aromatic N) is 2. The van der Waals surface area contributed by atoms with Gasteiger partial charge in [0.15, 0.2) is 0 Å². The number of aryl methyl sites for hydroxylation is 1. The summed E-state index contributed by atoms with van der Waals surface area (Å²) in [6.45, 7) is 2.45. The van der Waals surface area contributed by atoms with Gasteiger partial charge in [-0.2, -0.15) is 0 Å². The van der Waals surface area contributed by atoms with Gasteiger partial charge in [-0.3, -0.25) is 10.3 Å². The molecule has 21 heavy (non-hydrogen) atoms. The van der Waals surface area contributed by atoms with Gasteiger partial charge in [0.2, 0.25) is 5.89 Å². The van der Waals surface area contributed by atoms with Gasteiger partial charge in [-0.15, -0.1) is 0 Å². The molecule has 2 heterocycles. The monoisotopic (exact) mass is 279 g/mol. The van der Waals surface area contributed by atoms with Crippen LogP contribution in [-0.2, 0) is 6.54 Å². The Hall–Kier alpha value is -2.46. The van der Waals surface area contributed by atoms with Gasteiger partial charge in [0.25, 0.3) is 0 Å². The number of nitrogens with one attached hydrogen (secondary N) is 1. The van der Waals surface area contributed by atoms with E-state index in [2.05, 4.69) is 27.4 Å². The molecule has 0 aliphatic heterocycles. The highest BCUT2D eigenvalue weighted by molar-refractivity contribution is 5.27. The number of hydrogen-bond acceptors (Lipinski definition) is 4. The van der Waals surface area contributed by atoms with Crippen molar-refractivity contribution in [3.63, 3.8) is 0 Å². The van der Waals surface area contributed by atoms with Crippen LogP contribution in [0.5, 0.6) is 0 Å². The maximum absolute atomic E-state index is 5.51. The van der Waals surface area contributed by atoms with E-state index >= 15 is 0 Å². The number of rotatable bonds is 5. The van der Waals surface area contributed by atoms with Crippen LogP contribution in [0, 0.1) is 6.92 Å². The van der Waals surface area contributed by atoms with E-state index in [0.29, 0.717) is 12.4 Å². The first-order chi connectivity index (χ1) is 10.3. The van der Waals surface area contributed by atoms with Gasteiger partial charge in [0.05, 0.1) is 24.5 Å². The summed E-state index contributed by atoms with van der Waals surface area (Å²) in [7, 11) is 0. The fourth-order valence-electron chi connectivity index (χ4n) is 2.26. The molecule has 4 heteroatoms. The Labute approximate surface area is 123 Å². The first-order valence-corrected chi connectivity index (χ1v) is 6.93. The van der Waals surface area contributed by atoms with Gasteiger partial charge < -0.3 is 4.42 Å². The van der Waals surface area contributed by atoms with E-state index < -0.39 is 0 Å². The van der Waals surface area contributed by atoms with Gasteiger partial charge in [-0.25, -0.2) is 4.98 Å². The minimum Gasteiger partial charge on any atom is -0.445 e. The quantitative estimate of drug-likeness (QED) is 0.779. The van der Waals surface area contributed by atoms with Crippen LogP contribution in [0.15, 0.2) is 65.3 Å². The molecule has 0 spiro atoms. The third kappa shape index (κ3) is 3.35. The first kappa shape index (κ1) is 13.5. The van der Waals surface area contributed by atoms with Crippen molar-refractivity contribution in [1.82, 2.24) is 15.3 Å². The Morgan fingerprint density at radius 2 is 1.86 bits per heavy atom. The molecule has 1 N–H and O–H groups in total. The number of pyridine rings is 1. The Balaban J connectivity index is 1.83. The molecule has 0 amide bonds. The molecule has 0 aliphatic carbocycles. The highest BCUT2D eigenvalue weighted by Crippen LogP contribution is 2.20. The molecule has 0 saturated heterocycles. The maximum atomic E-state index is 5.51. The molecule has 3 aromatic rings. The average Bonchev–Trinajstić information content (AvgIpc) is 2.95. The van der Waals surface area contributed by atoms with Gasteiger partial charge >= 0.3 is 0 Å². The van der Waals surface area contributed by atoms with Gasteiger partial charge in [-0.1, -0.05) is 36.4 Å². The van der Waals surface area contributed by atoms with Crippen LogP contribution < -0.4 is 5.32 Å². The second-order valence-electron chi connectivity index (χ2n) is 4.84. The molecular weight excluding hydrogens is 262 g/mol. The summed E-state index contributed by atoms with van der Waals surface area (Å²) in [6.07, 6.45) is 3.54. The van der Waals surface area contributed by atoms with Crippen molar-refractivity contribution in [2.24, 2.45) is 0 Å². The zero-order chi connectivity index (χ0) is 14.5. The molecule has 106 valence electrons. The number of oxazole rings is 1. The SMILES string of the molecule is Cc1cnc(CNC(c2ccccc2)c2ccccn2)o1. The second kappa shape index (κ2) is 6.33. The second-order valence-corrected chi connectivity index (χ2v) is 4.84. The molecule has 0 radical (unpaired) electrons. The summed E-state index contributed by atoms with van der Waals surface area (Å²) >= 11 is 0. The summed E-state index contributed by atoms with van der Waals surface area (Å²) in [5.74, 6) is 1.50. The largest absolute Gasteiger partial charge is 0.445 e. The van der Waals surface area contributed by atoms with Crippen molar-refractivity contribution in [3.05, 3.63) is 83.8 Å². The predicted molar refractivity (Wildman–Crippen MR) is 80.6 cm³/mol. The van der Waals surface area contributed by atoms with E-state index in [1.807, 2.05) is 49.5 Å². The third-order valence-corrected chi connectivity index (χ3v) is 3.24. The summed E-state index contributed by atoms with van der Waals surface area (Å²) in [5.41, 5.74) is 2.14. The standard InChI is InChI=1S/C17H17N3O/c1-13-11-19-16(21-13)12-20-17(14-7-3-2-4-8-14)15-9-5-6-10-18-15/h2-11,17,20H,12H2,1H3. The van der Waals surface area contributed by atoms with E-state index in [1.165, 1.54) is 5.56 Å². The van der Waals surface area contributed by atoms with Crippen LogP contribution in [0.1, 0.15) is 29.0 Å². The van der Waals surface area contributed by atoms with Gasteiger partial charge in [0, 0.05) is 6.20 Å². The normalized spacial score (nSPS) is 12.2. The fraction of sp³-hybridized carbons (Fsp3) is 0.176. The van der Waals surface area contributed by atoms with E-state index in [0.717, 1.165) is 11.5 Å². The summed E-state index contributed by atoms with van der Waals surface area (Å²) in [5, 5.41) is 3.46. The third-order valence-electron chi connectivity index (χ3n) is 3.24. The van der Waals surface area contributed by atoms with Crippen molar-refractivity contribution in [1.29, 1.82) is 0 Å². The summed E-state index contributed by atoms with van der Waals surface area (Å²) in [6, 6.07) is 16.2. The minimum atomic E-state index is 0.0135. The zero-order valence-electron chi connectivity index (χ0n) is 11.9. The molecule has 4 nitrogen and oxygen atoms in total. The Morgan fingerprint density at radius 3 is 2.52 bits per heavy atom. The zero-order valence-corrected chi connectivity index (χ0v) is 11.9. The molecule has 0 bridgehead atoms. The van der Waals surface area contributed by atoms with Crippen molar-refractivity contribution in [3.8, 4) is 0 Å². The summed E-state index contributed by atoms with van der Waals surface area (Å²) < 4.78 is 5.51. The lowest BCUT2D eigenvalue weighted by Crippen LogP contribution is -2.23. The number of benzene rings is 1. The van der Waals surface area contributed by atoms with Crippen molar-refractivity contribution >= 4 is 0 Å². The average molecular weight is 279 g/mol. The molecular formula is C17H17N3O. The van der Waals surface area contributed by atoms with E-state index in [1.54, 1.807) is 6.20 Å². The number of aromatic nitrogens is 2. The molecule has 0 saturated carbocycles. The summed E-state index contributed by atoms with van der Waals surface area (Å²) in [4.78, 5) is 8.68. The van der Waals surface area contributed by atoms with E-state index in [-0.39, 0.29) is 6.04 Å². The van der Waals surface area contributed by atoms with E-state index in [9.17, 15) is 0 Å². The molecule has 3 rings (SSSR count). The Kier molecular flexibility index (Phi) is 4.07. The van der Waals surface area contributed by atoms with Crippen LogP contribution >= 0.6 is 0 Å². The van der Waals surface area contributed by atoms with Crippen LogP contribution in [0.3, 0.4) is 0 Å². The van der Waals surface area contributed by atoms with E-state index in [4.69, 9.17) is 4.42 Å². The van der Waals surface area contributed by atoms with Crippen LogP contribution in [-0.4, -0.2) is 9.97 Å². The van der Waals surface area contributed by atoms with Gasteiger partial charge in [-0.05, 0) is 24.6 Å². The van der Waals surface area contributed by atoms with Crippen LogP contribution in [0.2, 0.25) is 0 Å². The Bertz CT molecular complexity index is 640. The lowest BCUT2D eigenvalue weighted by Gasteiger charge is -2.17. The first-order valence-electron chi connectivity index (χ1n) is 6.93. The molecule has 1 atom stereocenters. The minimum absolute atomic E-state index is 0.0135. The smallest absolute Gasteiger partial charge is 0.208 e. The van der Waals surface area contributed by atoms with Crippen LogP contribution in [0.4, 0.5) is 0 Å². The fourth-order valence-corrected chi connectivity index (χ4v) is 2.26. The highest BCUT2D eigenvalue weighted by atomic mass is 16.4. The van der Waals surface area contributed by atoms with Crippen molar-refractivity contribution in [2.75, 3.05) is 0 Å². The Morgan fingerprint density at radius 1 is 1.05 bits per heavy atom. The van der Waals surface area contributed by atoms with Crippen LogP contribution in [0.25, 0.3) is 0 Å². The van der Waals surface area contributed by atoms with Crippen molar-refractivity contribution < 1.29 is 4.42 Å². The lowest BCUT2D eigenvalue weighted by molar-refractivity contribution is 0.436. The molecule has 2 aromatic heterocycles. The van der Waals surface area contributed by atoms with Gasteiger partial charge in [0.1, 0.15) is 5.76 Å². The highest BCUT2D eigenvalue weighted by Gasteiger charge is 2.15. The predicted octanol–water partition coefficient (Wildman–Crippen LogP) is 3.26. The molecule has 0 fully saturated rings. The molecule has 1 aromatic carbocycles. The molecule has 1 unspecified atom stereocenters. The molecule has 0 aliphatic rings.